The maximum absolute atomic E-state index is 11.7. The molecule has 0 atom stereocenters. The number of hydrogen-bond donors (Lipinski definition) is 0. The molecule has 2 aromatic heterocycles. The first-order valence-electron chi connectivity index (χ1n) is 13.0. The Labute approximate surface area is 220 Å². The van der Waals surface area contributed by atoms with Crippen LogP contribution in [0.25, 0.3) is 22.7 Å². The Morgan fingerprint density at radius 1 is 1.00 bits per heavy atom. The molecule has 0 amide bonds. The molecule has 3 heterocycles. The van der Waals surface area contributed by atoms with Crippen molar-refractivity contribution in [1.82, 2.24) is 15.3 Å². The molecule has 2 fully saturated rings. The van der Waals surface area contributed by atoms with Crippen molar-refractivity contribution in [2.75, 3.05) is 25.1 Å². The maximum Gasteiger partial charge on any atom is 0.337 e. The van der Waals surface area contributed by atoms with Gasteiger partial charge in [-0.05, 0) is 67.6 Å². The van der Waals surface area contributed by atoms with Gasteiger partial charge in [-0.2, -0.15) is 4.98 Å². The number of rotatable bonds is 8. The zero-order valence-corrected chi connectivity index (χ0v) is 21.6. The van der Waals surface area contributed by atoms with Gasteiger partial charge in [0.05, 0.1) is 25.4 Å². The average Bonchev–Trinajstić information content (AvgIpc) is 3.52. The number of esters is 1. The van der Waals surface area contributed by atoms with Gasteiger partial charge in [-0.3, -0.25) is 0 Å². The van der Waals surface area contributed by atoms with Crippen LogP contribution in [0.1, 0.15) is 58.8 Å². The molecule has 1 aliphatic heterocycles. The second-order valence-corrected chi connectivity index (χ2v) is 9.93. The molecule has 6 rings (SSSR count). The summed E-state index contributed by atoms with van der Waals surface area (Å²) in [6.07, 6.45) is 4.16. The molecule has 1 saturated heterocycles. The first kappa shape index (κ1) is 24.4. The monoisotopic (exact) mass is 514 g/mol. The molecule has 9 heteroatoms. The highest BCUT2D eigenvalue weighted by atomic mass is 16.5. The van der Waals surface area contributed by atoms with Crippen molar-refractivity contribution in [2.24, 2.45) is 0 Å². The number of aromatic nitrogens is 3. The Bertz CT molecular complexity index is 1420. The van der Waals surface area contributed by atoms with Gasteiger partial charge in [0.2, 0.25) is 0 Å². The minimum atomic E-state index is -0.382. The molecule has 2 aliphatic rings. The van der Waals surface area contributed by atoms with Gasteiger partial charge in [-0.25, -0.2) is 4.79 Å². The lowest BCUT2D eigenvalue weighted by Gasteiger charge is -2.30. The summed E-state index contributed by atoms with van der Waals surface area (Å²) in [6.45, 7) is 4.14. The molecule has 9 nitrogen and oxygen atoms in total. The minimum absolute atomic E-state index is 0.134. The number of piperidine rings is 1. The third kappa shape index (κ3) is 4.93. The fraction of sp³-hybridized carbons (Fsp3) is 0.379. The van der Waals surface area contributed by atoms with Crippen molar-refractivity contribution in [1.29, 1.82) is 0 Å². The van der Waals surface area contributed by atoms with E-state index in [9.17, 15) is 4.79 Å². The average molecular weight is 515 g/mol. The summed E-state index contributed by atoms with van der Waals surface area (Å²) in [6, 6.07) is 15.2. The lowest BCUT2D eigenvalue weighted by molar-refractivity contribution is 0.0244. The van der Waals surface area contributed by atoms with E-state index in [4.69, 9.17) is 18.5 Å². The number of anilines is 1. The van der Waals surface area contributed by atoms with E-state index < -0.39 is 0 Å². The molecule has 0 N–H and O–H groups in total. The van der Waals surface area contributed by atoms with Gasteiger partial charge in [-0.1, -0.05) is 29.4 Å². The highest BCUT2D eigenvalue weighted by molar-refractivity contribution is 5.89. The van der Waals surface area contributed by atoms with Crippen molar-refractivity contribution < 1.29 is 23.3 Å². The van der Waals surface area contributed by atoms with Gasteiger partial charge >= 0.3 is 5.97 Å². The molecule has 196 valence electrons. The summed E-state index contributed by atoms with van der Waals surface area (Å²) < 4.78 is 22.5. The Kier molecular flexibility index (Phi) is 6.68. The fourth-order valence-corrected chi connectivity index (χ4v) is 4.93. The van der Waals surface area contributed by atoms with Gasteiger partial charge < -0.3 is 23.4 Å². The highest BCUT2D eigenvalue weighted by Gasteiger charge is 2.33. The first-order valence-corrected chi connectivity index (χ1v) is 13.0. The SMILES string of the molecule is COC(=O)c1ccc(-c2nc(N3CCC(OCc4c(-c5ccccc5C)noc4C4CC4)CC3)no2)cc1. The van der Waals surface area contributed by atoms with Crippen LogP contribution in [0.5, 0.6) is 0 Å². The van der Waals surface area contributed by atoms with Crippen LogP contribution in [0.3, 0.4) is 0 Å². The van der Waals surface area contributed by atoms with Crippen molar-refractivity contribution >= 4 is 11.9 Å². The fourth-order valence-electron chi connectivity index (χ4n) is 4.93. The summed E-state index contributed by atoms with van der Waals surface area (Å²) in [5, 5.41) is 8.64. The molecule has 1 saturated carbocycles. The Balaban J connectivity index is 1.08. The maximum atomic E-state index is 11.7. The largest absolute Gasteiger partial charge is 0.465 e. The van der Waals surface area contributed by atoms with Gasteiger partial charge in [0.1, 0.15) is 11.5 Å². The van der Waals surface area contributed by atoms with E-state index in [0.29, 0.717) is 29.9 Å². The van der Waals surface area contributed by atoms with Gasteiger partial charge in [0.15, 0.2) is 0 Å². The van der Waals surface area contributed by atoms with E-state index in [0.717, 1.165) is 66.9 Å². The highest BCUT2D eigenvalue weighted by Crippen LogP contribution is 2.44. The predicted octanol–water partition coefficient (Wildman–Crippen LogP) is 5.55. The number of benzene rings is 2. The molecule has 4 aromatic rings. The van der Waals surface area contributed by atoms with Crippen LogP contribution in [-0.2, 0) is 16.1 Å². The molecule has 0 spiro atoms. The quantitative estimate of drug-likeness (QED) is 0.280. The summed E-state index contributed by atoms with van der Waals surface area (Å²) in [5.74, 6) is 2.04. The number of nitrogens with zero attached hydrogens (tertiary/aromatic N) is 4. The molecule has 2 aromatic carbocycles. The van der Waals surface area contributed by atoms with Crippen LogP contribution in [0.15, 0.2) is 57.6 Å². The molecule has 38 heavy (non-hydrogen) atoms. The number of carbonyl (C=O) groups excluding carboxylic acids is 1. The number of ether oxygens (including phenoxy) is 2. The number of methoxy groups -OCH3 is 1. The van der Waals surface area contributed by atoms with Crippen molar-refractivity contribution in [3.05, 3.63) is 71.0 Å². The van der Waals surface area contributed by atoms with E-state index >= 15 is 0 Å². The molecule has 0 radical (unpaired) electrons. The van der Waals surface area contributed by atoms with E-state index in [1.807, 2.05) is 12.1 Å². The summed E-state index contributed by atoms with van der Waals surface area (Å²) in [5.41, 5.74) is 5.49. The summed E-state index contributed by atoms with van der Waals surface area (Å²) in [4.78, 5) is 18.3. The Morgan fingerprint density at radius 3 is 2.47 bits per heavy atom. The minimum Gasteiger partial charge on any atom is -0.465 e. The van der Waals surface area contributed by atoms with Crippen LogP contribution < -0.4 is 4.90 Å². The zero-order valence-electron chi connectivity index (χ0n) is 21.6. The second kappa shape index (κ2) is 10.4. The van der Waals surface area contributed by atoms with Gasteiger partial charge in [0, 0.05) is 35.7 Å². The number of hydrogen-bond acceptors (Lipinski definition) is 9. The zero-order chi connectivity index (χ0) is 26.1. The number of carbonyl (C=O) groups is 1. The van der Waals surface area contributed by atoms with Crippen LogP contribution in [0.2, 0.25) is 0 Å². The van der Waals surface area contributed by atoms with Gasteiger partial charge in [0.25, 0.3) is 11.8 Å². The van der Waals surface area contributed by atoms with Crippen molar-refractivity contribution in [2.45, 2.75) is 51.2 Å². The van der Waals surface area contributed by atoms with E-state index in [-0.39, 0.29) is 12.1 Å². The third-order valence-corrected chi connectivity index (χ3v) is 7.32. The number of aryl methyl sites for hydroxylation is 1. The predicted molar refractivity (Wildman–Crippen MR) is 140 cm³/mol. The van der Waals surface area contributed by atoms with Crippen molar-refractivity contribution in [3.63, 3.8) is 0 Å². The first-order chi connectivity index (χ1) is 18.6. The lowest BCUT2D eigenvalue weighted by Crippen LogP contribution is -2.37. The van der Waals surface area contributed by atoms with Crippen LogP contribution in [0.4, 0.5) is 5.95 Å². The summed E-state index contributed by atoms with van der Waals surface area (Å²) in [7, 11) is 1.36. The van der Waals surface area contributed by atoms with E-state index in [1.54, 1.807) is 24.3 Å². The van der Waals surface area contributed by atoms with Gasteiger partial charge in [-0.15, -0.1) is 0 Å². The second-order valence-electron chi connectivity index (χ2n) is 9.93. The molecule has 0 unspecified atom stereocenters. The normalized spacial score (nSPS) is 16.1. The molecule has 1 aliphatic carbocycles. The molecule has 0 bridgehead atoms. The van der Waals surface area contributed by atoms with Crippen LogP contribution in [0, 0.1) is 6.92 Å². The Morgan fingerprint density at radius 2 is 1.76 bits per heavy atom. The lowest BCUT2D eigenvalue weighted by atomic mass is 10.0. The Hall–Kier alpha value is -3.98. The standard InChI is InChI=1S/C29H30N4O5/c1-18-5-3-4-6-23(18)25-24(26(37-31-25)19-7-8-19)17-36-22-13-15-33(16-14-22)29-30-27(38-32-29)20-9-11-21(12-10-20)28(34)35-2/h3-6,9-12,19,22H,7-8,13-17H2,1-2H3. The smallest absolute Gasteiger partial charge is 0.337 e. The molecular weight excluding hydrogens is 484 g/mol. The van der Waals surface area contributed by atoms with Crippen LogP contribution in [-0.4, -0.2) is 47.6 Å². The van der Waals surface area contributed by atoms with E-state index in [1.165, 1.54) is 12.7 Å². The molecular formula is C29H30N4O5. The van der Waals surface area contributed by atoms with E-state index in [2.05, 4.69) is 39.3 Å². The van der Waals surface area contributed by atoms with Crippen LogP contribution >= 0.6 is 0 Å². The third-order valence-electron chi connectivity index (χ3n) is 7.32. The topological polar surface area (TPSA) is 104 Å². The van der Waals surface area contributed by atoms with Crippen molar-refractivity contribution in [3.8, 4) is 22.7 Å². The summed E-state index contributed by atoms with van der Waals surface area (Å²) >= 11 is 0.